The second-order valence-corrected chi connectivity index (χ2v) is 8.17. The van der Waals surface area contributed by atoms with E-state index >= 15 is 0 Å². The molecule has 0 radical (unpaired) electrons. The Morgan fingerprint density at radius 3 is 2.12 bits per heavy atom. The Bertz CT molecular complexity index is 1010. The van der Waals surface area contributed by atoms with Crippen LogP contribution in [0.5, 0.6) is 23.0 Å². The van der Waals surface area contributed by atoms with Crippen molar-refractivity contribution in [3.8, 4) is 23.0 Å². The molecule has 4 rings (SSSR count). The number of amides is 1. The first kappa shape index (κ1) is 22.7. The molecule has 6 heteroatoms. The van der Waals surface area contributed by atoms with Crippen molar-refractivity contribution >= 4 is 5.91 Å². The lowest BCUT2D eigenvalue weighted by molar-refractivity contribution is -0.133. The fourth-order valence-electron chi connectivity index (χ4n) is 3.97. The zero-order valence-corrected chi connectivity index (χ0v) is 18.9. The van der Waals surface area contributed by atoms with Gasteiger partial charge in [0.15, 0.2) is 0 Å². The summed E-state index contributed by atoms with van der Waals surface area (Å²) in [5, 5.41) is 9.31. The normalized spacial score (nSPS) is 15.1. The summed E-state index contributed by atoms with van der Waals surface area (Å²) in [5.41, 5.74) is 1.23. The van der Waals surface area contributed by atoms with E-state index in [1.54, 1.807) is 24.3 Å². The van der Waals surface area contributed by atoms with Crippen LogP contribution in [0.25, 0.3) is 0 Å². The molecule has 1 heterocycles. The number of carbonyl (C=O) groups is 1. The highest BCUT2D eigenvalue weighted by atomic mass is 16.5. The van der Waals surface area contributed by atoms with Crippen LogP contribution in [0, 0.1) is 0 Å². The predicted octanol–water partition coefficient (Wildman–Crippen LogP) is 4.86. The average molecular weight is 447 g/mol. The first-order chi connectivity index (χ1) is 16.1. The van der Waals surface area contributed by atoms with E-state index in [-0.39, 0.29) is 17.7 Å². The number of rotatable bonds is 8. The van der Waals surface area contributed by atoms with Crippen LogP contribution in [-0.2, 0) is 4.79 Å². The summed E-state index contributed by atoms with van der Waals surface area (Å²) in [7, 11) is 0. The topological polar surface area (TPSA) is 62.2 Å². The number of carbonyl (C=O) groups excluding carboxylic acids is 1. The van der Waals surface area contributed by atoms with Gasteiger partial charge in [0, 0.05) is 32.2 Å². The summed E-state index contributed by atoms with van der Waals surface area (Å²) < 4.78 is 11.5. The second kappa shape index (κ2) is 10.9. The Hall–Kier alpha value is -3.51. The Kier molecular flexibility index (Phi) is 7.47. The molecule has 1 atom stereocenters. The number of phenols is 1. The van der Waals surface area contributed by atoms with Crippen molar-refractivity contribution in [1.82, 2.24) is 9.80 Å². The highest BCUT2D eigenvalue weighted by Crippen LogP contribution is 2.26. The standard InChI is InChI=1S/C27H30N2O4/c1-21(22-7-11-26(12-8-22)33-25-5-3-2-4-6-25)28-16-18-29(19-17-28)27(31)15-20-32-24-13-9-23(30)10-14-24/h2-14,21,30H,15-20H2,1H3. The third-order valence-corrected chi connectivity index (χ3v) is 5.98. The van der Waals surface area contributed by atoms with E-state index in [1.807, 2.05) is 47.4 Å². The van der Waals surface area contributed by atoms with E-state index in [4.69, 9.17) is 9.47 Å². The molecule has 0 aromatic heterocycles. The zero-order valence-electron chi connectivity index (χ0n) is 18.9. The van der Waals surface area contributed by atoms with Crippen molar-refractivity contribution in [2.45, 2.75) is 19.4 Å². The maximum atomic E-state index is 12.5. The molecule has 1 aliphatic heterocycles. The highest BCUT2D eigenvalue weighted by Gasteiger charge is 2.24. The van der Waals surface area contributed by atoms with Gasteiger partial charge in [0.05, 0.1) is 13.0 Å². The van der Waals surface area contributed by atoms with Crippen molar-refractivity contribution in [3.63, 3.8) is 0 Å². The second-order valence-electron chi connectivity index (χ2n) is 8.17. The fourth-order valence-corrected chi connectivity index (χ4v) is 3.97. The van der Waals surface area contributed by atoms with E-state index in [2.05, 4.69) is 24.0 Å². The number of nitrogens with zero attached hydrogens (tertiary/aromatic N) is 2. The van der Waals surface area contributed by atoms with Crippen LogP contribution in [0.4, 0.5) is 0 Å². The molecule has 1 aliphatic rings. The number of hydrogen-bond acceptors (Lipinski definition) is 5. The van der Waals surface area contributed by atoms with Crippen molar-refractivity contribution in [3.05, 3.63) is 84.4 Å². The molecule has 0 aliphatic carbocycles. The molecule has 3 aromatic rings. The van der Waals surface area contributed by atoms with Gasteiger partial charge < -0.3 is 19.5 Å². The zero-order chi connectivity index (χ0) is 23.0. The minimum atomic E-state index is 0.114. The summed E-state index contributed by atoms with van der Waals surface area (Å²) in [5.74, 6) is 2.61. The van der Waals surface area contributed by atoms with Crippen molar-refractivity contribution in [2.24, 2.45) is 0 Å². The Balaban J connectivity index is 1.21. The number of piperazine rings is 1. The van der Waals surface area contributed by atoms with Crippen LogP contribution in [-0.4, -0.2) is 53.6 Å². The molecule has 1 amide bonds. The first-order valence-corrected chi connectivity index (χ1v) is 11.3. The van der Waals surface area contributed by atoms with Crippen LogP contribution in [0.15, 0.2) is 78.9 Å². The molecule has 1 unspecified atom stereocenters. The molecule has 172 valence electrons. The van der Waals surface area contributed by atoms with Crippen LogP contribution in [0.2, 0.25) is 0 Å². The Morgan fingerprint density at radius 1 is 0.848 bits per heavy atom. The fraction of sp³-hybridized carbons (Fsp3) is 0.296. The maximum Gasteiger partial charge on any atom is 0.226 e. The summed E-state index contributed by atoms with van der Waals surface area (Å²) in [4.78, 5) is 16.9. The predicted molar refractivity (Wildman–Crippen MR) is 128 cm³/mol. The summed E-state index contributed by atoms with van der Waals surface area (Å²) in [6, 6.07) is 24.8. The van der Waals surface area contributed by atoms with Crippen molar-refractivity contribution in [1.29, 1.82) is 0 Å². The summed E-state index contributed by atoms with van der Waals surface area (Å²) >= 11 is 0. The molecule has 1 N–H and O–H groups in total. The van der Waals surface area contributed by atoms with Gasteiger partial charge in [-0.3, -0.25) is 9.69 Å². The average Bonchev–Trinajstić information content (AvgIpc) is 2.86. The van der Waals surface area contributed by atoms with E-state index in [1.165, 1.54) is 5.56 Å². The van der Waals surface area contributed by atoms with Crippen molar-refractivity contribution in [2.75, 3.05) is 32.8 Å². The number of phenolic OH excluding ortho intramolecular Hbond substituents is 1. The van der Waals surface area contributed by atoms with Gasteiger partial charge in [-0.05, 0) is 61.0 Å². The minimum Gasteiger partial charge on any atom is -0.508 e. The van der Waals surface area contributed by atoms with Gasteiger partial charge >= 0.3 is 0 Å². The van der Waals surface area contributed by atoms with Gasteiger partial charge in [0.25, 0.3) is 0 Å². The largest absolute Gasteiger partial charge is 0.508 e. The number of hydrogen-bond donors (Lipinski definition) is 1. The van der Waals surface area contributed by atoms with Gasteiger partial charge in [-0.1, -0.05) is 30.3 Å². The SMILES string of the molecule is CC(c1ccc(Oc2ccccc2)cc1)N1CCN(C(=O)CCOc2ccc(O)cc2)CC1. The summed E-state index contributed by atoms with van der Waals surface area (Å²) in [6.45, 7) is 5.66. The molecule has 3 aromatic carbocycles. The Morgan fingerprint density at radius 2 is 1.45 bits per heavy atom. The molecule has 0 bridgehead atoms. The van der Waals surface area contributed by atoms with Gasteiger partial charge in [-0.15, -0.1) is 0 Å². The molecule has 0 saturated carbocycles. The van der Waals surface area contributed by atoms with Gasteiger partial charge in [0.2, 0.25) is 5.91 Å². The lowest BCUT2D eigenvalue weighted by atomic mass is 10.1. The highest BCUT2D eigenvalue weighted by molar-refractivity contribution is 5.76. The van der Waals surface area contributed by atoms with E-state index in [0.29, 0.717) is 18.8 Å². The van der Waals surface area contributed by atoms with Crippen LogP contribution in [0.3, 0.4) is 0 Å². The third-order valence-electron chi connectivity index (χ3n) is 5.98. The number of para-hydroxylation sites is 1. The lowest BCUT2D eigenvalue weighted by Gasteiger charge is -2.38. The molecule has 0 spiro atoms. The molecule has 1 fully saturated rings. The Labute approximate surface area is 195 Å². The smallest absolute Gasteiger partial charge is 0.226 e. The molecular weight excluding hydrogens is 416 g/mol. The van der Waals surface area contributed by atoms with E-state index < -0.39 is 0 Å². The molecule has 33 heavy (non-hydrogen) atoms. The van der Waals surface area contributed by atoms with Gasteiger partial charge in [0.1, 0.15) is 23.0 Å². The van der Waals surface area contributed by atoms with Gasteiger partial charge in [-0.25, -0.2) is 0 Å². The number of ether oxygens (including phenoxy) is 2. The lowest BCUT2D eigenvalue weighted by Crippen LogP contribution is -2.49. The summed E-state index contributed by atoms with van der Waals surface area (Å²) in [6.07, 6.45) is 0.347. The van der Waals surface area contributed by atoms with Crippen LogP contribution < -0.4 is 9.47 Å². The van der Waals surface area contributed by atoms with Gasteiger partial charge in [-0.2, -0.15) is 0 Å². The monoisotopic (exact) mass is 446 g/mol. The minimum absolute atomic E-state index is 0.114. The van der Waals surface area contributed by atoms with E-state index in [9.17, 15) is 9.90 Å². The van der Waals surface area contributed by atoms with Crippen LogP contribution >= 0.6 is 0 Å². The maximum absolute atomic E-state index is 12.5. The quantitative estimate of drug-likeness (QED) is 0.536. The molecule has 1 saturated heterocycles. The van der Waals surface area contributed by atoms with Crippen molar-refractivity contribution < 1.29 is 19.4 Å². The number of aromatic hydroxyl groups is 1. The third kappa shape index (κ3) is 6.26. The van der Waals surface area contributed by atoms with E-state index in [0.717, 1.165) is 37.7 Å². The molecule has 6 nitrogen and oxygen atoms in total. The molecular formula is C27H30N2O4. The first-order valence-electron chi connectivity index (χ1n) is 11.3. The van der Waals surface area contributed by atoms with Crippen LogP contribution in [0.1, 0.15) is 24.9 Å². The number of benzene rings is 3.